The fourth-order valence-corrected chi connectivity index (χ4v) is 1.57. The third-order valence-electron chi connectivity index (χ3n) is 2.42. The number of nitrogens with two attached hydrogens (primary N) is 1. The Labute approximate surface area is 107 Å². The Bertz CT molecular complexity index is 475. The highest BCUT2D eigenvalue weighted by Gasteiger charge is 2.31. The molecule has 0 bridgehead atoms. The summed E-state index contributed by atoms with van der Waals surface area (Å²) in [5.41, 5.74) is 3.74. The van der Waals surface area contributed by atoms with Gasteiger partial charge >= 0.3 is 5.97 Å². The zero-order chi connectivity index (χ0) is 14.6. The quantitative estimate of drug-likeness (QED) is 0.775. The molecule has 9 heteroatoms. The van der Waals surface area contributed by atoms with Crippen LogP contribution in [0.25, 0.3) is 0 Å². The van der Waals surface area contributed by atoms with Gasteiger partial charge in [0.25, 0.3) is 6.43 Å². The first kappa shape index (κ1) is 15.0. The van der Waals surface area contributed by atoms with Crippen molar-refractivity contribution in [1.29, 1.82) is 0 Å². The summed E-state index contributed by atoms with van der Waals surface area (Å²) >= 11 is 0. The fraction of sp³-hybridized carbons (Fsp3) is 0.600. The number of halogens is 2. The SMILES string of the molecule is CCOC(=O)c1nnn(C(CC)C(N)=O)c1C(F)F. The zero-order valence-electron chi connectivity index (χ0n) is 10.5. The summed E-state index contributed by atoms with van der Waals surface area (Å²) in [6.07, 6.45) is -2.87. The molecule has 0 spiro atoms. The van der Waals surface area contributed by atoms with Crippen LogP contribution in [0.5, 0.6) is 0 Å². The van der Waals surface area contributed by atoms with Gasteiger partial charge in [0.15, 0.2) is 5.69 Å². The van der Waals surface area contributed by atoms with Crippen LogP contribution >= 0.6 is 0 Å². The van der Waals surface area contributed by atoms with Crippen LogP contribution in [-0.4, -0.2) is 33.5 Å². The molecule has 19 heavy (non-hydrogen) atoms. The summed E-state index contributed by atoms with van der Waals surface area (Å²) in [7, 11) is 0. The predicted octanol–water partition coefficient (Wildman–Crippen LogP) is 0.829. The van der Waals surface area contributed by atoms with Crippen molar-refractivity contribution in [3.05, 3.63) is 11.4 Å². The molecule has 0 aliphatic heterocycles. The van der Waals surface area contributed by atoms with Crippen LogP contribution in [0.2, 0.25) is 0 Å². The standard InChI is InChI=1S/C10H14F2N4O3/c1-3-5(9(13)17)16-7(8(11)12)6(14-15-16)10(18)19-4-2/h5,8H,3-4H2,1-2H3,(H2,13,17). The van der Waals surface area contributed by atoms with Crippen molar-refractivity contribution in [2.45, 2.75) is 32.7 Å². The number of alkyl halides is 2. The number of rotatable bonds is 6. The molecule has 2 N–H and O–H groups in total. The monoisotopic (exact) mass is 276 g/mol. The van der Waals surface area contributed by atoms with Crippen molar-refractivity contribution in [2.24, 2.45) is 5.73 Å². The molecule has 1 atom stereocenters. The molecule has 0 saturated heterocycles. The lowest BCUT2D eigenvalue weighted by molar-refractivity contribution is -0.121. The smallest absolute Gasteiger partial charge is 0.361 e. The van der Waals surface area contributed by atoms with Gasteiger partial charge in [-0.3, -0.25) is 4.79 Å². The van der Waals surface area contributed by atoms with Crippen LogP contribution < -0.4 is 5.73 Å². The molecule has 106 valence electrons. The number of ether oxygens (including phenoxy) is 1. The number of hydrogen-bond donors (Lipinski definition) is 1. The minimum atomic E-state index is -3.03. The maximum absolute atomic E-state index is 13.0. The van der Waals surface area contributed by atoms with Crippen LogP contribution in [0.1, 0.15) is 48.9 Å². The molecule has 0 aliphatic rings. The third-order valence-corrected chi connectivity index (χ3v) is 2.42. The number of nitrogens with zero attached hydrogens (tertiary/aromatic N) is 3. The van der Waals surface area contributed by atoms with Crippen molar-refractivity contribution in [2.75, 3.05) is 6.61 Å². The van der Waals surface area contributed by atoms with Gasteiger partial charge in [-0.2, -0.15) is 0 Å². The van der Waals surface area contributed by atoms with Gasteiger partial charge in [-0.05, 0) is 13.3 Å². The number of amides is 1. The molecule has 1 aromatic heterocycles. The second-order valence-electron chi connectivity index (χ2n) is 3.62. The van der Waals surface area contributed by atoms with Crippen molar-refractivity contribution in [3.8, 4) is 0 Å². The Kier molecular flexibility index (Phi) is 4.90. The lowest BCUT2D eigenvalue weighted by Crippen LogP contribution is -2.28. The largest absolute Gasteiger partial charge is 0.461 e. The summed E-state index contributed by atoms with van der Waals surface area (Å²) in [4.78, 5) is 22.7. The molecule has 0 radical (unpaired) electrons. The molecular weight excluding hydrogens is 262 g/mol. The zero-order valence-corrected chi connectivity index (χ0v) is 10.5. The van der Waals surface area contributed by atoms with Crippen molar-refractivity contribution < 1.29 is 23.1 Å². The van der Waals surface area contributed by atoms with E-state index in [9.17, 15) is 18.4 Å². The van der Waals surface area contributed by atoms with Gasteiger partial charge < -0.3 is 10.5 Å². The Hall–Kier alpha value is -2.06. The lowest BCUT2D eigenvalue weighted by Gasteiger charge is -2.13. The van der Waals surface area contributed by atoms with Gasteiger partial charge in [-0.1, -0.05) is 12.1 Å². The Morgan fingerprint density at radius 2 is 2.05 bits per heavy atom. The van der Waals surface area contributed by atoms with E-state index in [2.05, 4.69) is 15.0 Å². The third kappa shape index (κ3) is 3.04. The molecule has 7 nitrogen and oxygen atoms in total. The van der Waals surface area contributed by atoms with Gasteiger partial charge in [0.1, 0.15) is 11.7 Å². The highest BCUT2D eigenvalue weighted by molar-refractivity contribution is 5.88. The molecule has 1 unspecified atom stereocenters. The van der Waals surface area contributed by atoms with Crippen molar-refractivity contribution in [1.82, 2.24) is 15.0 Å². The minimum absolute atomic E-state index is 0.0153. The summed E-state index contributed by atoms with van der Waals surface area (Å²) in [6, 6.07) is -1.08. The average Bonchev–Trinajstić information content (AvgIpc) is 2.74. The molecule has 1 aromatic rings. The van der Waals surface area contributed by atoms with E-state index >= 15 is 0 Å². The van der Waals surface area contributed by atoms with Crippen LogP contribution in [-0.2, 0) is 9.53 Å². The first-order valence-corrected chi connectivity index (χ1v) is 5.63. The molecule has 1 amide bonds. The van der Waals surface area contributed by atoms with Crippen LogP contribution in [0.4, 0.5) is 8.78 Å². The first-order chi connectivity index (χ1) is 8.93. The number of carbonyl (C=O) groups is 2. The van der Waals surface area contributed by atoms with Crippen LogP contribution in [0, 0.1) is 0 Å². The number of aromatic nitrogens is 3. The van der Waals surface area contributed by atoms with Gasteiger partial charge in [-0.25, -0.2) is 18.3 Å². The summed E-state index contributed by atoms with van der Waals surface area (Å²) in [6.45, 7) is 3.13. The van der Waals surface area contributed by atoms with E-state index in [4.69, 9.17) is 5.73 Å². The minimum Gasteiger partial charge on any atom is -0.461 e. The lowest BCUT2D eigenvalue weighted by atomic mass is 10.2. The Morgan fingerprint density at radius 1 is 1.42 bits per heavy atom. The average molecular weight is 276 g/mol. The van der Waals surface area contributed by atoms with Gasteiger partial charge in [0, 0.05) is 0 Å². The van der Waals surface area contributed by atoms with E-state index in [1.54, 1.807) is 6.92 Å². The molecule has 1 rings (SSSR count). The molecule has 0 saturated carbocycles. The number of hydrogen-bond acceptors (Lipinski definition) is 5. The highest BCUT2D eigenvalue weighted by atomic mass is 19.3. The van der Waals surface area contributed by atoms with Crippen LogP contribution in [0.3, 0.4) is 0 Å². The molecular formula is C10H14F2N4O3. The number of primary amides is 1. The summed E-state index contributed by atoms with van der Waals surface area (Å²) in [5, 5.41) is 6.78. The van der Waals surface area contributed by atoms with E-state index in [1.807, 2.05) is 0 Å². The fourth-order valence-electron chi connectivity index (χ4n) is 1.57. The highest BCUT2D eigenvalue weighted by Crippen LogP contribution is 2.25. The van der Waals surface area contributed by atoms with E-state index in [-0.39, 0.29) is 13.0 Å². The topological polar surface area (TPSA) is 100 Å². The van der Waals surface area contributed by atoms with Gasteiger partial charge in [0.2, 0.25) is 5.91 Å². The maximum atomic E-state index is 13.0. The first-order valence-electron chi connectivity index (χ1n) is 5.63. The number of carbonyl (C=O) groups excluding carboxylic acids is 2. The predicted molar refractivity (Wildman–Crippen MR) is 59.5 cm³/mol. The Balaban J connectivity index is 3.27. The van der Waals surface area contributed by atoms with E-state index in [1.165, 1.54) is 6.92 Å². The molecule has 0 fully saturated rings. The number of esters is 1. The normalized spacial score (nSPS) is 12.5. The van der Waals surface area contributed by atoms with E-state index in [0.29, 0.717) is 4.68 Å². The van der Waals surface area contributed by atoms with Gasteiger partial charge in [0.05, 0.1) is 6.61 Å². The second kappa shape index (κ2) is 6.21. The van der Waals surface area contributed by atoms with E-state index in [0.717, 1.165) is 0 Å². The van der Waals surface area contributed by atoms with Crippen molar-refractivity contribution in [3.63, 3.8) is 0 Å². The molecule has 1 heterocycles. The maximum Gasteiger partial charge on any atom is 0.361 e. The van der Waals surface area contributed by atoms with Crippen molar-refractivity contribution >= 4 is 11.9 Å². The van der Waals surface area contributed by atoms with Gasteiger partial charge in [-0.15, -0.1) is 5.10 Å². The van der Waals surface area contributed by atoms with Crippen LogP contribution in [0.15, 0.2) is 0 Å². The van der Waals surface area contributed by atoms with E-state index < -0.39 is 35.7 Å². The molecule has 0 aliphatic carbocycles. The molecule has 0 aromatic carbocycles. The Morgan fingerprint density at radius 3 is 2.47 bits per heavy atom. The second-order valence-corrected chi connectivity index (χ2v) is 3.62. The summed E-state index contributed by atoms with van der Waals surface area (Å²) in [5.74, 6) is -1.84. The summed E-state index contributed by atoms with van der Waals surface area (Å²) < 4.78 is 31.3.